The molecule has 198 valence electrons. The Kier molecular flexibility index (Phi) is 8.75. The van der Waals surface area contributed by atoms with E-state index in [0.29, 0.717) is 33.1 Å². The fourth-order valence-electron chi connectivity index (χ4n) is 3.45. The van der Waals surface area contributed by atoms with Gasteiger partial charge in [-0.15, -0.1) is 28.1 Å². The van der Waals surface area contributed by atoms with Gasteiger partial charge in [-0.2, -0.15) is 13.2 Å². The summed E-state index contributed by atoms with van der Waals surface area (Å²) in [6, 6.07) is 10.6. The van der Waals surface area contributed by atoms with Crippen LogP contribution in [0.3, 0.4) is 0 Å². The summed E-state index contributed by atoms with van der Waals surface area (Å²) < 4.78 is 46.2. The minimum Gasteiger partial charge on any atom is -0.497 e. The van der Waals surface area contributed by atoms with Crippen molar-refractivity contribution < 1.29 is 22.7 Å². The quantitative estimate of drug-likeness (QED) is 0.169. The molecule has 2 heterocycles. The monoisotopic (exact) mass is 579 g/mol. The molecule has 0 atom stereocenters. The number of alkyl halides is 3. The van der Waals surface area contributed by atoms with Gasteiger partial charge in [-0.3, -0.25) is 9.36 Å². The van der Waals surface area contributed by atoms with Gasteiger partial charge in [0.1, 0.15) is 5.75 Å². The molecule has 0 spiro atoms. The maximum atomic E-state index is 13.0. The van der Waals surface area contributed by atoms with Crippen LogP contribution in [0, 0.1) is 0 Å². The van der Waals surface area contributed by atoms with E-state index in [4.69, 9.17) is 16.3 Å². The molecule has 0 radical (unpaired) electrons. The summed E-state index contributed by atoms with van der Waals surface area (Å²) >= 11 is 8.47. The molecule has 1 amide bonds. The van der Waals surface area contributed by atoms with E-state index in [1.807, 2.05) is 28.8 Å². The first-order valence-electron chi connectivity index (χ1n) is 11.1. The normalized spacial score (nSPS) is 11.4. The smallest absolute Gasteiger partial charge is 0.416 e. The van der Waals surface area contributed by atoms with Crippen molar-refractivity contribution in [1.29, 1.82) is 0 Å². The maximum absolute atomic E-state index is 13.0. The lowest BCUT2D eigenvalue weighted by atomic mass is 10.1. The Morgan fingerprint density at radius 3 is 2.68 bits per heavy atom. The molecule has 4 rings (SSSR count). The fraction of sp³-hybridized carbons (Fsp3) is 0.200. The van der Waals surface area contributed by atoms with Crippen LogP contribution in [-0.4, -0.2) is 38.5 Å². The highest BCUT2D eigenvalue weighted by molar-refractivity contribution is 7.99. The Morgan fingerprint density at radius 1 is 1.24 bits per heavy atom. The van der Waals surface area contributed by atoms with E-state index in [9.17, 15) is 18.0 Å². The van der Waals surface area contributed by atoms with Crippen molar-refractivity contribution in [2.75, 3.05) is 18.2 Å². The molecule has 0 aliphatic heterocycles. The van der Waals surface area contributed by atoms with Crippen molar-refractivity contribution in [3.8, 4) is 17.1 Å². The van der Waals surface area contributed by atoms with Gasteiger partial charge in [0.2, 0.25) is 5.91 Å². The zero-order valence-corrected chi connectivity index (χ0v) is 22.3. The lowest BCUT2D eigenvalue weighted by molar-refractivity contribution is -0.137. The lowest BCUT2D eigenvalue weighted by Crippen LogP contribution is -2.14. The van der Waals surface area contributed by atoms with Crippen LogP contribution in [0.15, 0.2) is 66.5 Å². The number of methoxy groups -OCH3 is 1. The molecular formula is C25H21ClF3N5O2S2. The van der Waals surface area contributed by atoms with Gasteiger partial charge in [0, 0.05) is 34.6 Å². The molecule has 13 heteroatoms. The number of nitrogens with one attached hydrogen (secondary N) is 1. The van der Waals surface area contributed by atoms with Gasteiger partial charge in [-0.1, -0.05) is 29.4 Å². The van der Waals surface area contributed by atoms with E-state index in [2.05, 4.69) is 27.1 Å². The Bertz CT molecular complexity index is 1440. The number of ether oxygens (including phenoxy) is 1. The van der Waals surface area contributed by atoms with Crippen LogP contribution >= 0.6 is 34.7 Å². The highest BCUT2D eigenvalue weighted by atomic mass is 35.5. The summed E-state index contributed by atoms with van der Waals surface area (Å²) in [6.45, 7) is 4.24. The molecule has 7 nitrogen and oxygen atoms in total. The van der Waals surface area contributed by atoms with Crippen LogP contribution < -0.4 is 10.1 Å². The first kappa shape index (κ1) is 27.7. The first-order valence-corrected chi connectivity index (χ1v) is 13.3. The molecule has 0 bridgehead atoms. The fourth-order valence-corrected chi connectivity index (χ4v) is 5.23. The third kappa shape index (κ3) is 6.74. The number of thioether (sulfide) groups is 1. The minimum absolute atomic E-state index is 0.0479. The predicted octanol–water partition coefficient (Wildman–Crippen LogP) is 6.59. The molecule has 0 unspecified atom stereocenters. The summed E-state index contributed by atoms with van der Waals surface area (Å²) in [5.74, 6) is 1.09. The van der Waals surface area contributed by atoms with Gasteiger partial charge in [0.15, 0.2) is 16.1 Å². The molecule has 0 saturated carbocycles. The molecule has 2 aromatic heterocycles. The van der Waals surface area contributed by atoms with Gasteiger partial charge in [-0.25, -0.2) is 4.98 Å². The number of aromatic nitrogens is 4. The highest BCUT2D eigenvalue weighted by Gasteiger charge is 2.31. The number of carbonyl (C=O) groups is 1. The molecular weight excluding hydrogens is 559 g/mol. The second-order valence-corrected chi connectivity index (χ2v) is 10.3. The van der Waals surface area contributed by atoms with E-state index in [0.717, 1.165) is 23.4 Å². The van der Waals surface area contributed by atoms with Crippen LogP contribution in [-0.2, 0) is 23.9 Å². The van der Waals surface area contributed by atoms with Crippen molar-refractivity contribution in [2.45, 2.75) is 24.3 Å². The Balaban J connectivity index is 1.39. The molecule has 2 aromatic carbocycles. The SMILES string of the molecule is C=CCn1c(SCC(=O)Nc2ncc(Cc3cc(C(F)(F)F)ccc3Cl)s2)nnc1-c1ccc(OC)cc1. The van der Waals surface area contributed by atoms with Crippen molar-refractivity contribution in [2.24, 2.45) is 0 Å². The summed E-state index contributed by atoms with van der Waals surface area (Å²) in [6.07, 6.45) is -1.08. The van der Waals surface area contributed by atoms with Crippen LogP contribution in [0.1, 0.15) is 16.0 Å². The number of anilines is 1. The largest absolute Gasteiger partial charge is 0.497 e. The van der Waals surface area contributed by atoms with Gasteiger partial charge < -0.3 is 10.1 Å². The summed E-state index contributed by atoms with van der Waals surface area (Å²) in [5.41, 5.74) is 0.395. The number of benzene rings is 2. The molecule has 4 aromatic rings. The average Bonchev–Trinajstić information content (AvgIpc) is 3.50. The van der Waals surface area contributed by atoms with E-state index >= 15 is 0 Å². The average molecular weight is 580 g/mol. The van der Waals surface area contributed by atoms with Crippen LogP contribution in [0.2, 0.25) is 5.02 Å². The van der Waals surface area contributed by atoms with Crippen molar-refractivity contribution in [1.82, 2.24) is 19.7 Å². The van der Waals surface area contributed by atoms with Crippen LogP contribution in [0.25, 0.3) is 11.4 Å². The second-order valence-electron chi connectivity index (χ2n) is 7.88. The standard InChI is InChI=1S/C25H21ClF3N5O2S2/c1-3-10-34-22(15-4-7-18(36-2)8-5-15)32-33-24(34)37-14-21(35)31-23-30-13-19(38-23)12-16-11-17(25(27,28)29)6-9-20(16)26/h3-9,11,13H,1,10,12,14H2,2H3,(H,30,31,35). The number of hydrogen-bond donors (Lipinski definition) is 1. The van der Waals surface area contributed by atoms with E-state index in [1.54, 1.807) is 13.2 Å². The zero-order valence-electron chi connectivity index (χ0n) is 20.0. The van der Waals surface area contributed by atoms with Gasteiger partial charge in [0.25, 0.3) is 0 Å². The van der Waals surface area contributed by atoms with E-state index in [-0.39, 0.29) is 23.1 Å². The molecule has 0 aliphatic rings. The zero-order chi connectivity index (χ0) is 27.3. The van der Waals surface area contributed by atoms with Gasteiger partial charge in [0.05, 0.1) is 18.4 Å². The Labute approximate surface area is 229 Å². The number of allylic oxidation sites excluding steroid dienone is 1. The predicted molar refractivity (Wildman–Crippen MR) is 143 cm³/mol. The lowest BCUT2D eigenvalue weighted by Gasteiger charge is -2.09. The number of carbonyl (C=O) groups excluding carboxylic acids is 1. The number of nitrogens with zero attached hydrogens (tertiary/aromatic N) is 4. The number of halogens is 4. The van der Waals surface area contributed by atoms with Gasteiger partial charge in [-0.05, 0) is 48.0 Å². The number of thiazole rings is 1. The highest BCUT2D eigenvalue weighted by Crippen LogP contribution is 2.33. The molecule has 0 aliphatic carbocycles. The molecule has 0 saturated heterocycles. The number of rotatable bonds is 10. The topological polar surface area (TPSA) is 81.9 Å². The maximum Gasteiger partial charge on any atom is 0.416 e. The van der Waals surface area contributed by atoms with E-state index < -0.39 is 11.7 Å². The summed E-state index contributed by atoms with van der Waals surface area (Å²) in [5, 5.41) is 12.3. The van der Waals surface area contributed by atoms with Crippen molar-refractivity contribution in [3.63, 3.8) is 0 Å². The van der Waals surface area contributed by atoms with Crippen LogP contribution in [0.5, 0.6) is 5.75 Å². The van der Waals surface area contributed by atoms with Crippen LogP contribution in [0.4, 0.5) is 18.3 Å². The van der Waals surface area contributed by atoms with E-state index in [1.165, 1.54) is 35.4 Å². The number of amides is 1. The molecule has 1 N–H and O–H groups in total. The third-order valence-electron chi connectivity index (χ3n) is 5.25. The van der Waals surface area contributed by atoms with Crippen molar-refractivity contribution >= 4 is 45.7 Å². The first-order chi connectivity index (χ1) is 18.2. The minimum atomic E-state index is -4.46. The summed E-state index contributed by atoms with van der Waals surface area (Å²) in [4.78, 5) is 17.4. The Hall–Kier alpha value is -3.35. The third-order valence-corrected chi connectivity index (χ3v) is 7.49. The molecule has 38 heavy (non-hydrogen) atoms. The second kappa shape index (κ2) is 12.0. The Morgan fingerprint density at radius 2 is 2.00 bits per heavy atom. The van der Waals surface area contributed by atoms with Crippen molar-refractivity contribution in [3.05, 3.63) is 82.3 Å². The molecule has 0 fully saturated rings. The number of hydrogen-bond acceptors (Lipinski definition) is 7. The van der Waals surface area contributed by atoms with Gasteiger partial charge >= 0.3 is 6.18 Å². The summed E-state index contributed by atoms with van der Waals surface area (Å²) in [7, 11) is 1.59.